The number of nitrogens with one attached hydrogen (secondary N) is 1. The molecule has 0 aliphatic carbocycles. The number of amides is 1. The molecule has 5 nitrogen and oxygen atoms in total. The third kappa shape index (κ3) is 2.95. The van der Waals surface area contributed by atoms with Crippen molar-refractivity contribution in [1.29, 1.82) is 0 Å². The van der Waals surface area contributed by atoms with Crippen LogP contribution in [0.4, 0.5) is 19.0 Å². The van der Waals surface area contributed by atoms with E-state index in [0.29, 0.717) is 19.5 Å². The first-order valence-electron chi connectivity index (χ1n) is 5.99. The lowest BCUT2D eigenvalue weighted by Crippen LogP contribution is -2.55. The van der Waals surface area contributed by atoms with Gasteiger partial charge in [0, 0.05) is 19.2 Å². The first-order valence-corrected chi connectivity index (χ1v) is 6.37. The van der Waals surface area contributed by atoms with Crippen LogP contribution < -0.4 is 10.2 Å². The number of nitrogens with zero attached hydrogens (tertiary/aromatic N) is 3. The zero-order valence-corrected chi connectivity index (χ0v) is 11.3. The van der Waals surface area contributed by atoms with Crippen LogP contribution in [0, 0.1) is 0 Å². The molecule has 0 spiro atoms. The van der Waals surface area contributed by atoms with E-state index < -0.39 is 23.2 Å². The predicted octanol–water partition coefficient (Wildman–Crippen LogP) is 1.86. The second-order valence-corrected chi connectivity index (χ2v) is 4.62. The van der Waals surface area contributed by atoms with Gasteiger partial charge in [0.1, 0.15) is 11.9 Å². The van der Waals surface area contributed by atoms with E-state index in [1.807, 2.05) is 0 Å². The first kappa shape index (κ1) is 14.8. The average Bonchev–Trinajstić information content (AvgIpc) is 2.36. The van der Waals surface area contributed by atoms with Gasteiger partial charge in [-0.25, -0.2) is 9.97 Å². The molecule has 2 heterocycles. The van der Waals surface area contributed by atoms with E-state index in [1.54, 1.807) is 6.92 Å². The molecule has 2 rings (SSSR count). The van der Waals surface area contributed by atoms with Crippen LogP contribution in [-0.4, -0.2) is 35.0 Å². The van der Waals surface area contributed by atoms with Gasteiger partial charge >= 0.3 is 6.18 Å². The summed E-state index contributed by atoms with van der Waals surface area (Å²) in [6.45, 7) is 2.49. The zero-order chi connectivity index (χ0) is 14.9. The Kier molecular flexibility index (Phi) is 4.03. The Morgan fingerprint density at radius 1 is 1.50 bits per heavy atom. The van der Waals surface area contributed by atoms with Crippen molar-refractivity contribution >= 4 is 23.3 Å². The Hall–Kier alpha value is -1.57. The second-order valence-electron chi connectivity index (χ2n) is 4.29. The molecule has 0 bridgehead atoms. The summed E-state index contributed by atoms with van der Waals surface area (Å²) in [7, 11) is 0. The van der Waals surface area contributed by atoms with Crippen LogP contribution in [-0.2, 0) is 11.0 Å². The highest BCUT2D eigenvalue weighted by Crippen LogP contribution is 2.31. The number of rotatable bonds is 2. The molecule has 1 aromatic rings. The maximum absolute atomic E-state index is 12.7. The maximum atomic E-state index is 12.7. The SMILES string of the molecule is CCC1C(=O)NCCN1c1cc(C(F)(F)F)nc(Cl)n1. The van der Waals surface area contributed by atoms with Gasteiger partial charge in [0.05, 0.1) is 0 Å². The number of hydrogen-bond acceptors (Lipinski definition) is 4. The average molecular weight is 309 g/mol. The molecule has 0 aromatic carbocycles. The standard InChI is InChI=1S/C11H12ClF3N4O/c1-2-6-9(20)16-3-4-19(6)8-5-7(11(13,14)15)17-10(12)18-8/h5-6H,2-4H2,1H3,(H,16,20). The Morgan fingerprint density at radius 3 is 2.80 bits per heavy atom. The van der Waals surface area contributed by atoms with Crippen LogP contribution in [0.15, 0.2) is 6.07 Å². The van der Waals surface area contributed by atoms with Gasteiger partial charge in [0.2, 0.25) is 11.2 Å². The van der Waals surface area contributed by atoms with Crippen LogP contribution in [0.1, 0.15) is 19.0 Å². The van der Waals surface area contributed by atoms with Gasteiger partial charge in [-0.05, 0) is 18.0 Å². The van der Waals surface area contributed by atoms with E-state index in [4.69, 9.17) is 11.6 Å². The molecule has 0 radical (unpaired) electrons. The number of aromatic nitrogens is 2. The molecule has 110 valence electrons. The fourth-order valence-corrected chi connectivity index (χ4v) is 2.27. The highest BCUT2D eigenvalue weighted by atomic mass is 35.5. The van der Waals surface area contributed by atoms with Crippen molar-refractivity contribution in [2.45, 2.75) is 25.6 Å². The number of hydrogen-bond donors (Lipinski definition) is 1. The van der Waals surface area contributed by atoms with Crippen molar-refractivity contribution in [2.75, 3.05) is 18.0 Å². The summed E-state index contributed by atoms with van der Waals surface area (Å²) in [5, 5.41) is 2.17. The molecule has 0 saturated carbocycles. The van der Waals surface area contributed by atoms with Crippen molar-refractivity contribution < 1.29 is 18.0 Å². The molecule has 1 aliphatic rings. The van der Waals surface area contributed by atoms with E-state index in [0.717, 1.165) is 6.07 Å². The van der Waals surface area contributed by atoms with Crippen molar-refractivity contribution in [3.05, 3.63) is 17.0 Å². The number of carbonyl (C=O) groups excluding carboxylic acids is 1. The highest BCUT2D eigenvalue weighted by Gasteiger charge is 2.36. The highest BCUT2D eigenvalue weighted by molar-refractivity contribution is 6.28. The minimum Gasteiger partial charge on any atom is -0.353 e. The molecule has 1 amide bonds. The molecule has 20 heavy (non-hydrogen) atoms. The molecule has 1 aromatic heterocycles. The predicted molar refractivity (Wildman–Crippen MR) is 66.5 cm³/mol. The van der Waals surface area contributed by atoms with Crippen LogP contribution in [0.3, 0.4) is 0 Å². The summed E-state index contributed by atoms with van der Waals surface area (Å²) in [5.74, 6) is -0.221. The number of alkyl halides is 3. The van der Waals surface area contributed by atoms with Gasteiger partial charge < -0.3 is 10.2 Å². The van der Waals surface area contributed by atoms with E-state index >= 15 is 0 Å². The van der Waals surface area contributed by atoms with Gasteiger partial charge in [0.25, 0.3) is 0 Å². The summed E-state index contributed by atoms with van der Waals surface area (Å²) < 4.78 is 38.2. The number of piperazine rings is 1. The molecule has 1 fully saturated rings. The largest absolute Gasteiger partial charge is 0.433 e. The van der Waals surface area contributed by atoms with Gasteiger partial charge in [-0.15, -0.1) is 0 Å². The molecule has 1 unspecified atom stereocenters. The number of halogens is 4. The monoisotopic (exact) mass is 308 g/mol. The minimum atomic E-state index is -4.61. The summed E-state index contributed by atoms with van der Waals surface area (Å²) in [5.41, 5.74) is -1.12. The van der Waals surface area contributed by atoms with E-state index in [-0.39, 0.29) is 11.7 Å². The lowest BCUT2D eigenvalue weighted by molar-refractivity contribution is -0.141. The maximum Gasteiger partial charge on any atom is 0.433 e. The lowest BCUT2D eigenvalue weighted by Gasteiger charge is -2.35. The van der Waals surface area contributed by atoms with E-state index in [9.17, 15) is 18.0 Å². The Morgan fingerprint density at radius 2 is 2.20 bits per heavy atom. The van der Waals surface area contributed by atoms with Crippen LogP contribution >= 0.6 is 11.6 Å². The zero-order valence-electron chi connectivity index (χ0n) is 10.5. The summed E-state index contributed by atoms with van der Waals surface area (Å²) in [4.78, 5) is 20.2. The molecular formula is C11H12ClF3N4O. The smallest absolute Gasteiger partial charge is 0.353 e. The van der Waals surface area contributed by atoms with Crippen LogP contribution in [0.2, 0.25) is 5.28 Å². The topological polar surface area (TPSA) is 58.1 Å². The first-order chi connectivity index (χ1) is 9.32. The molecular weight excluding hydrogens is 297 g/mol. The third-order valence-electron chi connectivity index (χ3n) is 2.99. The van der Waals surface area contributed by atoms with Crippen LogP contribution in [0.25, 0.3) is 0 Å². The Bertz CT molecular complexity index is 523. The summed E-state index contributed by atoms with van der Waals surface area (Å²) in [6, 6.07) is 0.253. The fraction of sp³-hybridized carbons (Fsp3) is 0.545. The van der Waals surface area contributed by atoms with Crippen LogP contribution in [0.5, 0.6) is 0 Å². The normalized spacial score (nSPS) is 19.9. The summed E-state index contributed by atoms with van der Waals surface area (Å²) >= 11 is 5.55. The minimum absolute atomic E-state index is 0.0130. The third-order valence-corrected chi connectivity index (χ3v) is 3.16. The molecule has 1 N–H and O–H groups in total. The van der Waals surface area contributed by atoms with Crippen molar-refractivity contribution in [2.24, 2.45) is 0 Å². The van der Waals surface area contributed by atoms with E-state index in [2.05, 4.69) is 15.3 Å². The number of carbonyl (C=O) groups is 1. The van der Waals surface area contributed by atoms with Crippen molar-refractivity contribution in [3.8, 4) is 0 Å². The van der Waals surface area contributed by atoms with E-state index in [1.165, 1.54) is 4.90 Å². The molecule has 1 atom stereocenters. The number of anilines is 1. The van der Waals surface area contributed by atoms with Crippen molar-refractivity contribution in [1.82, 2.24) is 15.3 Å². The van der Waals surface area contributed by atoms with Crippen molar-refractivity contribution in [3.63, 3.8) is 0 Å². The Balaban J connectivity index is 2.41. The quantitative estimate of drug-likeness (QED) is 0.847. The lowest BCUT2D eigenvalue weighted by atomic mass is 10.1. The van der Waals surface area contributed by atoms with Gasteiger partial charge in [-0.2, -0.15) is 13.2 Å². The summed E-state index contributed by atoms with van der Waals surface area (Å²) in [6.07, 6.45) is -4.16. The Labute approximate surface area is 118 Å². The molecule has 1 aliphatic heterocycles. The van der Waals surface area contributed by atoms with Gasteiger partial charge in [0.15, 0.2) is 5.69 Å². The van der Waals surface area contributed by atoms with Gasteiger partial charge in [-0.1, -0.05) is 6.92 Å². The second kappa shape index (κ2) is 5.43. The fourth-order valence-electron chi connectivity index (χ4n) is 2.09. The van der Waals surface area contributed by atoms with Gasteiger partial charge in [-0.3, -0.25) is 4.79 Å². The molecule has 1 saturated heterocycles. The molecule has 9 heteroatoms.